The number of amides is 2. The Morgan fingerprint density at radius 2 is 1.33 bits per heavy atom. The van der Waals surface area contributed by atoms with E-state index in [4.69, 9.17) is 0 Å². The first kappa shape index (κ1) is 8.06. The molecule has 50 valence electrons. The maximum absolute atomic E-state index is 9.88. The van der Waals surface area contributed by atoms with E-state index in [2.05, 4.69) is 0 Å². The second kappa shape index (κ2) is 3.99. The van der Waals surface area contributed by atoms with E-state index in [1.165, 1.54) is 0 Å². The van der Waals surface area contributed by atoms with E-state index in [0.717, 1.165) is 0 Å². The molecule has 0 unspecified atom stereocenters. The van der Waals surface area contributed by atoms with Gasteiger partial charge in [0.05, 0.1) is 0 Å². The van der Waals surface area contributed by atoms with Crippen molar-refractivity contribution >= 4 is 9.61 Å². The van der Waals surface area contributed by atoms with E-state index < -0.39 is 24.6 Å². The summed E-state index contributed by atoms with van der Waals surface area (Å²) in [6.45, 7) is 0. The zero-order valence-electron chi connectivity index (χ0n) is 3.88. The Morgan fingerprint density at radius 3 is 1.56 bits per heavy atom. The molecule has 0 saturated carbocycles. The zero-order valence-corrected chi connectivity index (χ0v) is 4.99. The van der Waals surface area contributed by atoms with Gasteiger partial charge in [0.25, 0.3) is 0 Å². The molecule has 0 rings (SSSR count). The van der Waals surface area contributed by atoms with Crippen LogP contribution in [0.3, 0.4) is 0 Å². The van der Waals surface area contributed by atoms with Crippen molar-refractivity contribution < 1.29 is 24.5 Å². The van der Waals surface area contributed by atoms with E-state index in [-0.39, 0.29) is 0 Å². The van der Waals surface area contributed by atoms with E-state index >= 15 is 0 Å². The summed E-state index contributed by atoms with van der Waals surface area (Å²) in [4.78, 5) is 35.9. The number of nitrogens with zero attached hydrogens (tertiary/aromatic N) is 2. The van der Waals surface area contributed by atoms with Gasteiger partial charge in [-0.1, -0.05) is 0 Å². The topological polar surface area (TPSA) is 93.0 Å². The van der Waals surface area contributed by atoms with Crippen molar-refractivity contribution in [3.8, 4) is 0 Å². The first-order valence-corrected chi connectivity index (χ1v) is 2.68. The van der Waals surface area contributed by atoms with Crippen LogP contribution in [0.15, 0.2) is 10.4 Å². The molecule has 0 aliphatic carbocycles. The van der Waals surface area contributed by atoms with Gasteiger partial charge in [-0.15, -0.1) is 0 Å². The number of hydrogen-bond acceptors (Lipinski definition) is 4. The standard InChI is InChI=1S/2CNO2.Fe/c2*3-1-2-4;. The van der Waals surface area contributed by atoms with Gasteiger partial charge in [0.15, 0.2) is 0 Å². The van der Waals surface area contributed by atoms with E-state index in [1.807, 2.05) is 10.4 Å². The van der Waals surface area contributed by atoms with Gasteiger partial charge in [-0.05, 0) is 0 Å². The van der Waals surface area contributed by atoms with Crippen LogP contribution >= 0.6 is 0 Å². The van der Waals surface area contributed by atoms with Gasteiger partial charge >= 0.3 is 54.3 Å². The Bertz CT molecular complexity index is 148. The first-order valence-electron chi connectivity index (χ1n) is 1.57. The van der Waals surface area contributed by atoms with Crippen LogP contribution in [0, 0.1) is 9.81 Å². The van der Waals surface area contributed by atoms with E-state index in [9.17, 15) is 19.4 Å². The zero-order chi connectivity index (χ0) is 7.28. The average Bonchev–Trinajstić information content (AvgIpc) is 1.87. The molecule has 0 N–H and O–H groups in total. The molecule has 6 nitrogen and oxygen atoms in total. The molecular weight excluding hydrogens is 172 g/mol. The molecule has 0 aliphatic rings. The molecule has 0 radical (unpaired) electrons. The summed E-state index contributed by atoms with van der Waals surface area (Å²) in [6.07, 6.45) is 0. The third kappa shape index (κ3) is 3.63. The van der Waals surface area contributed by atoms with E-state index in [1.54, 1.807) is 0 Å². The van der Waals surface area contributed by atoms with Gasteiger partial charge in [-0.3, -0.25) is 0 Å². The van der Waals surface area contributed by atoms with E-state index in [0.29, 0.717) is 0 Å². The number of hydrogen-bond donors (Lipinski definition) is 0. The van der Waals surface area contributed by atoms with Crippen molar-refractivity contribution in [3.63, 3.8) is 0 Å². The van der Waals surface area contributed by atoms with Crippen molar-refractivity contribution in [3.05, 3.63) is 9.81 Å². The quantitative estimate of drug-likeness (QED) is 0.455. The van der Waals surface area contributed by atoms with Gasteiger partial charge in [0.1, 0.15) is 0 Å². The molecular formula is C2FeN2O4. The van der Waals surface area contributed by atoms with Crippen LogP contribution in [0.5, 0.6) is 0 Å². The fraction of sp³-hybridized carbons (Fsp3) is 0. The molecule has 0 heterocycles. The second-order valence-electron chi connectivity index (χ2n) is 0.756. The molecule has 0 bridgehead atoms. The van der Waals surface area contributed by atoms with Crippen molar-refractivity contribution in [2.24, 2.45) is 10.4 Å². The molecule has 0 aromatic heterocycles. The Morgan fingerprint density at radius 1 is 1.00 bits per heavy atom. The molecule has 0 aromatic rings. The summed E-state index contributed by atoms with van der Waals surface area (Å²) in [7, 11) is 0. The third-order valence-corrected chi connectivity index (χ3v) is 0.964. The van der Waals surface area contributed by atoms with Crippen LogP contribution in [-0.2, 0) is 15.0 Å². The Hall–Kier alpha value is -0.941. The SMILES string of the molecule is O=N[C](=O)[Fe][C](=O)N=O. The van der Waals surface area contributed by atoms with Crippen molar-refractivity contribution in [2.45, 2.75) is 0 Å². The predicted molar refractivity (Wildman–Crippen MR) is 22.4 cm³/mol. The average molecular weight is 172 g/mol. The maximum atomic E-state index is 9.88. The van der Waals surface area contributed by atoms with Crippen LogP contribution < -0.4 is 0 Å². The third-order valence-electron chi connectivity index (χ3n) is 0.290. The number of rotatable bonds is 2. The van der Waals surface area contributed by atoms with Crippen molar-refractivity contribution in [1.82, 2.24) is 0 Å². The molecule has 0 fully saturated rings. The number of carbonyl (C=O) groups is 2. The predicted octanol–water partition coefficient (Wildman–Crippen LogP) is 0.842. The van der Waals surface area contributed by atoms with Gasteiger partial charge in [0.2, 0.25) is 0 Å². The van der Waals surface area contributed by atoms with Gasteiger partial charge in [0, 0.05) is 0 Å². The Kier molecular flexibility index (Phi) is 3.57. The minimum atomic E-state index is -1.18. The van der Waals surface area contributed by atoms with Gasteiger partial charge in [-0.2, -0.15) is 0 Å². The van der Waals surface area contributed by atoms with Crippen LogP contribution in [0.2, 0.25) is 0 Å². The van der Waals surface area contributed by atoms with Crippen molar-refractivity contribution in [2.75, 3.05) is 0 Å². The first-order chi connectivity index (χ1) is 4.20. The Balaban J connectivity index is 3.73. The van der Waals surface area contributed by atoms with Gasteiger partial charge < -0.3 is 0 Å². The molecule has 0 saturated heterocycles. The molecule has 7 heteroatoms. The summed E-state index contributed by atoms with van der Waals surface area (Å²) >= 11 is -0.826. The Labute approximate surface area is 55.1 Å². The summed E-state index contributed by atoms with van der Waals surface area (Å²) in [5.74, 6) is 0. The van der Waals surface area contributed by atoms with Crippen LogP contribution in [-0.4, -0.2) is 9.61 Å². The molecule has 9 heavy (non-hydrogen) atoms. The summed E-state index contributed by atoms with van der Waals surface area (Å²) < 4.78 is 0. The molecule has 0 spiro atoms. The number of carbonyl (C=O) groups excluding carboxylic acids is 2. The molecule has 0 aliphatic heterocycles. The number of nitroso groups, excluding NO2 is 2. The fourth-order valence-electron chi connectivity index (χ4n) is 0.0970. The molecule has 0 atom stereocenters. The summed E-state index contributed by atoms with van der Waals surface area (Å²) in [6, 6.07) is 0. The summed E-state index contributed by atoms with van der Waals surface area (Å²) in [5.41, 5.74) is 0. The minimum absolute atomic E-state index is 0.826. The monoisotopic (exact) mass is 172 g/mol. The van der Waals surface area contributed by atoms with Crippen LogP contribution in [0.1, 0.15) is 0 Å². The van der Waals surface area contributed by atoms with Crippen molar-refractivity contribution in [1.29, 1.82) is 0 Å². The second-order valence-corrected chi connectivity index (χ2v) is 1.98. The van der Waals surface area contributed by atoms with Crippen LogP contribution in [0.4, 0.5) is 9.59 Å². The fourth-order valence-corrected chi connectivity index (χ4v) is 0.400. The molecule has 2 amide bonds. The molecule has 0 aromatic carbocycles. The summed E-state index contributed by atoms with van der Waals surface area (Å²) in [5, 5.41) is 3.74. The van der Waals surface area contributed by atoms with Crippen LogP contribution in [0.25, 0.3) is 0 Å². The van der Waals surface area contributed by atoms with Gasteiger partial charge in [-0.25, -0.2) is 0 Å². The normalized spacial score (nSPS) is 8.44.